The molecule has 0 spiro atoms. The zero-order chi connectivity index (χ0) is 16.7. The predicted molar refractivity (Wildman–Crippen MR) is 88.5 cm³/mol. The molecule has 1 aromatic carbocycles. The number of H-pyrrole nitrogens is 1. The average Bonchev–Trinajstić information content (AvgIpc) is 2.96. The topological polar surface area (TPSA) is 88.9 Å². The molecule has 0 fully saturated rings. The second kappa shape index (κ2) is 5.28. The minimum absolute atomic E-state index is 0.137. The van der Waals surface area contributed by atoms with Crippen LogP contribution in [0.2, 0.25) is 0 Å². The number of benzene rings is 1. The van der Waals surface area contributed by atoms with Gasteiger partial charge in [0.05, 0.1) is 5.52 Å². The van der Waals surface area contributed by atoms with Crippen LogP contribution in [0.5, 0.6) is 0 Å². The van der Waals surface area contributed by atoms with Gasteiger partial charge in [-0.05, 0) is 23.8 Å². The van der Waals surface area contributed by atoms with Crippen LogP contribution in [-0.4, -0.2) is 20.0 Å². The first-order valence-corrected chi connectivity index (χ1v) is 7.05. The predicted octanol–water partition coefficient (Wildman–Crippen LogP) is 1.19. The summed E-state index contributed by atoms with van der Waals surface area (Å²) in [4.78, 5) is 38.3. The first-order chi connectivity index (χ1) is 10.9. The molecular weight excluding hydrogens is 296 g/mol. The number of nitrogens with one attached hydrogen (secondary N) is 2. The van der Waals surface area contributed by atoms with Crippen molar-refractivity contribution in [1.29, 1.82) is 0 Å². The van der Waals surface area contributed by atoms with Crippen molar-refractivity contribution in [3.63, 3.8) is 0 Å². The van der Waals surface area contributed by atoms with Crippen LogP contribution < -0.4 is 16.6 Å². The maximum atomic E-state index is 12.2. The molecular formula is C16H16N4O3. The highest BCUT2D eigenvalue weighted by atomic mass is 16.2. The smallest absolute Gasteiger partial charge is 0.331 e. The fourth-order valence-electron chi connectivity index (χ4n) is 2.55. The summed E-state index contributed by atoms with van der Waals surface area (Å²) in [6.07, 6.45) is 0. The fraction of sp³-hybridized carbons (Fsp3) is 0.188. The number of carbonyl (C=O) groups excluding carboxylic acids is 1. The van der Waals surface area contributed by atoms with Crippen LogP contribution in [0.25, 0.3) is 22.3 Å². The molecule has 0 unspecified atom stereocenters. The number of carbonyl (C=O) groups is 1. The Labute approximate surface area is 131 Å². The van der Waals surface area contributed by atoms with Crippen LogP contribution >= 0.6 is 0 Å². The second-order valence-corrected chi connectivity index (χ2v) is 5.41. The molecule has 0 radical (unpaired) electrons. The molecule has 0 saturated carbocycles. The molecule has 0 aliphatic rings. The number of aryl methyl sites for hydroxylation is 1. The summed E-state index contributed by atoms with van der Waals surface area (Å²) >= 11 is 0. The van der Waals surface area contributed by atoms with E-state index in [4.69, 9.17) is 0 Å². The third-order valence-electron chi connectivity index (χ3n) is 3.77. The number of aromatic amines is 1. The largest absolute Gasteiger partial charge is 0.349 e. The molecule has 118 valence electrons. The zero-order valence-corrected chi connectivity index (χ0v) is 13.0. The first kappa shape index (κ1) is 14.8. The zero-order valence-electron chi connectivity index (χ0n) is 13.0. The molecule has 7 heteroatoms. The van der Waals surface area contributed by atoms with E-state index in [-0.39, 0.29) is 17.2 Å². The summed E-state index contributed by atoms with van der Waals surface area (Å²) in [6.45, 7) is 1.45. The molecule has 23 heavy (non-hydrogen) atoms. The Morgan fingerprint density at radius 1 is 1.09 bits per heavy atom. The molecule has 3 aromatic rings. The van der Waals surface area contributed by atoms with Gasteiger partial charge >= 0.3 is 5.69 Å². The van der Waals surface area contributed by atoms with E-state index < -0.39 is 0 Å². The van der Waals surface area contributed by atoms with Crippen molar-refractivity contribution in [1.82, 2.24) is 14.1 Å². The van der Waals surface area contributed by atoms with Gasteiger partial charge in [-0.1, -0.05) is 12.1 Å². The van der Waals surface area contributed by atoms with Crippen LogP contribution in [-0.2, 0) is 18.9 Å². The maximum absolute atomic E-state index is 12.2. The van der Waals surface area contributed by atoms with Crippen molar-refractivity contribution in [2.75, 3.05) is 5.32 Å². The third-order valence-corrected chi connectivity index (χ3v) is 3.77. The number of hydrogen-bond donors (Lipinski definition) is 2. The summed E-state index contributed by atoms with van der Waals surface area (Å²) in [5.41, 5.74) is 2.49. The molecule has 0 aliphatic heterocycles. The monoisotopic (exact) mass is 312 g/mol. The molecule has 0 bridgehead atoms. The highest BCUT2D eigenvalue weighted by Gasteiger charge is 2.12. The van der Waals surface area contributed by atoms with Crippen LogP contribution in [0.4, 0.5) is 5.69 Å². The summed E-state index contributed by atoms with van der Waals surface area (Å²) in [5, 5.41) is 2.70. The molecule has 2 aromatic heterocycles. The molecule has 2 N–H and O–H groups in total. The van der Waals surface area contributed by atoms with E-state index in [0.29, 0.717) is 16.7 Å². The van der Waals surface area contributed by atoms with E-state index >= 15 is 0 Å². The van der Waals surface area contributed by atoms with Crippen molar-refractivity contribution >= 4 is 22.6 Å². The van der Waals surface area contributed by atoms with E-state index in [1.165, 1.54) is 18.5 Å². The van der Waals surface area contributed by atoms with Gasteiger partial charge in [-0.2, -0.15) is 0 Å². The maximum Gasteiger partial charge on any atom is 0.331 e. The van der Waals surface area contributed by atoms with Gasteiger partial charge in [0.2, 0.25) is 5.91 Å². The van der Waals surface area contributed by atoms with Crippen molar-refractivity contribution in [3.05, 3.63) is 51.2 Å². The number of fused-ring (bicyclic) bond motifs is 1. The Hall–Kier alpha value is -3.09. The third kappa shape index (κ3) is 2.46. The first-order valence-electron chi connectivity index (χ1n) is 7.05. The molecule has 0 atom stereocenters. The van der Waals surface area contributed by atoms with E-state index in [2.05, 4.69) is 10.3 Å². The highest BCUT2D eigenvalue weighted by Crippen LogP contribution is 2.23. The van der Waals surface area contributed by atoms with Crippen molar-refractivity contribution in [2.24, 2.45) is 14.1 Å². The number of aromatic nitrogens is 3. The van der Waals surface area contributed by atoms with E-state index in [1.807, 2.05) is 12.1 Å². The fourth-order valence-corrected chi connectivity index (χ4v) is 2.55. The van der Waals surface area contributed by atoms with Crippen molar-refractivity contribution in [3.8, 4) is 11.3 Å². The molecule has 2 heterocycles. The van der Waals surface area contributed by atoms with Crippen LogP contribution in [0.1, 0.15) is 6.92 Å². The summed E-state index contributed by atoms with van der Waals surface area (Å²) in [5.74, 6) is -0.137. The molecule has 0 aliphatic carbocycles. The van der Waals surface area contributed by atoms with Crippen LogP contribution in [0, 0.1) is 0 Å². The molecule has 3 rings (SSSR count). The lowest BCUT2D eigenvalue weighted by Crippen LogP contribution is -2.36. The Kier molecular flexibility index (Phi) is 3.40. The highest BCUT2D eigenvalue weighted by molar-refractivity contribution is 5.89. The average molecular weight is 312 g/mol. The minimum atomic E-state index is -0.367. The minimum Gasteiger partial charge on any atom is -0.349 e. The van der Waals surface area contributed by atoms with Gasteiger partial charge in [0.15, 0.2) is 0 Å². The Bertz CT molecular complexity index is 1020. The van der Waals surface area contributed by atoms with E-state index in [1.54, 1.807) is 25.2 Å². The summed E-state index contributed by atoms with van der Waals surface area (Å²) in [7, 11) is 3.08. The normalized spacial score (nSPS) is 10.9. The molecule has 7 nitrogen and oxygen atoms in total. The van der Waals surface area contributed by atoms with Gasteiger partial charge < -0.3 is 10.3 Å². The lowest BCUT2D eigenvalue weighted by atomic mass is 10.1. The number of amides is 1. The van der Waals surface area contributed by atoms with Gasteiger partial charge in [0.25, 0.3) is 5.56 Å². The lowest BCUT2D eigenvalue weighted by molar-refractivity contribution is -0.114. The Balaban J connectivity index is 2.13. The van der Waals surface area contributed by atoms with Gasteiger partial charge in [0.1, 0.15) is 5.52 Å². The quantitative estimate of drug-likeness (QED) is 0.745. The Morgan fingerprint density at radius 2 is 1.74 bits per heavy atom. The van der Waals surface area contributed by atoms with Crippen molar-refractivity contribution < 1.29 is 4.79 Å². The van der Waals surface area contributed by atoms with Gasteiger partial charge in [-0.25, -0.2) is 4.79 Å². The standard InChI is InChI=1S/C16H16N4O3/c1-9(21)17-11-6-4-10(5-7-11)12-8-13-14(18-12)15(22)20(3)16(23)19(13)2/h4-8,18H,1-3H3,(H,17,21). The van der Waals surface area contributed by atoms with Gasteiger partial charge in [0, 0.05) is 32.4 Å². The van der Waals surface area contributed by atoms with Crippen molar-refractivity contribution in [2.45, 2.75) is 6.92 Å². The Morgan fingerprint density at radius 3 is 2.35 bits per heavy atom. The number of hydrogen-bond acceptors (Lipinski definition) is 3. The number of nitrogens with zero attached hydrogens (tertiary/aromatic N) is 2. The molecule has 0 saturated heterocycles. The van der Waals surface area contributed by atoms with Gasteiger partial charge in [-0.3, -0.25) is 18.7 Å². The molecule has 1 amide bonds. The summed E-state index contributed by atoms with van der Waals surface area (Å²) < 4.78 is 2.50. The number of rotatable bonds is 2. The van der Waals surface area contributed by atoms with E-state index in [9.17, 15) is 14.4 Å². The number of anilines is 1. The SMILES string of the molecule is CC(=O)Nc1ccc(-c2cc3c([nH]2)c(=O)n(C)c(=O)n3C)cc1. The second-order valence-electron chi connectivity index (χ2n) is 5.41. The summed E-state index contributed by atoms with van der Waals surface area (Å²) in [6, 6.07) is 8.99. The van der Waals surface area contributed by atoms with Crippen LogP contribution in [0.15, 0.2) is 39.9 Å². The van der Waals surface area contributed by atoms with E-state index in [0.717, 1.165) is 15.8 Å². The van der Waals surface area contributed by atoms with Crippen LogP contribution in [0.3, 0.4) is 0 Å². The van der Waals surface area contributed by atoms with Gasteiger partial charge in [-0.15, -0.1) is 0 Å². The lowest BCUT2D eigenvalue weighted by Gasteiger charge is -2.03.